The summed E-state index contributed by atoms with van der Waals surface area (Å²) in [5, 5.41) is 0.604. The van der Waals surface area contributed by atoms with E-state index in [1.165, 1.54) is 18.9 Å². The van der Waals surface area contributed by atoms with Crippen LogP contribution in [0.5, 0.6) is 5.75 Å². The summed E-state index contributed by atoms with van der Waals surface area (Å²) in [6.45, 7) is 2.42. The normalized spacial score (nSPS) is 16.7. The van der Waals surface area contributed by atoms with Gasteiger partial charge in [0.25, 0.3) is 5.91 Å². The van der Waals surface area contributed by atoms with E-state index >= 15 is 0 Å². The van der Waals surface area contributed by atoms with Gasteiger partial charge < -0.3 is 9.47 Å². The lowest BCUT2D eigenvalue weighted by molar-refractivity contribution is -0.122. The Bertz CT molecular complexity index is 951. The molecule has 0 aliphatic carbocycles. The molecular weight excluding hydrogens is 376 g/mol. The lowest BCUT2D eigenvalue weighted by atomic mass is 10.2. The highest BCUT2D eigenvalue weighted by atomic mass is 32.2. The fourth-order valence-electron chi connectivity index (χ4n) is 2.65. The van der Waals surface area contributed by atoms with Crippen LogP contribution in [0.25, 0.3) is 6.08 Å². The molecule has 2 aromatic rings. The largest absolute Gasteiger partial charge is 0.497 e. The second-order valence-corrected chi connectivity index (χ2v) is 6.88. The number of carbonyl (C=O) groups is 2. The van der Waals surface area contributed by atoms with Gasteiger partial charge >= 0.3 is 5.97 Å². The molecule has 2 aromatic carbocycles. The number of ether oxygens (including phenoxy) is 2. The standard InChI is InChI=1S/C21H20N2O4S/c1-4-23-19(24)18(13-14-6-5-7-17(12-14)26-2)28-21(23)22-16-10-8-15(9-11-16)20(25)27-3/h5-13H,4H2,1-3H3. The topological polar surface area (TPSA) is 68.2 Å². The molecule has 0 atom stereocenters. The minimum Gasteiger partial charge on any atom is -0.497 e. The van der Waals surface area contributed by atoms with E-state index in [1.807, 2.05) is 37.3 Å². The molecule has 3 rings (SSSR count). The summed E-state index contributed by atoms with van der Waals surface area (Å²) in [6.07, 6.45) is 1.83. The van der Waals surface area contributed by atoms with Gasteiger partial charge in [-0.2, -0.15) is 0 Å². The Balaban J connectivity index is 1.87. The Morgan fingerprint density at radius 2 is 1.93 bits per heavy atom. The van der Waals surface area contributed by atoms with E-state index in [2.05, 4.69) is 4.99 Å². The van der Waals surface area contributed by atoms with Crippen molar-refractivity contribution in [3.8, 4) is 5.75 Å². The van der Waals surface area contributed by atoms with Gasteiger partial charge in [0.2, 0.25) is 0 Å². The Morgan fingerprint density at radius 3 is 2.57 bits per heavy atom. The number of hydrogen-bond donors (Lipinski definition) is 0. The first-order valence-corrected chi connectivity index (χ1v) is 9.50. The van der Waals surface area contributed by atoms with Gasteiger partial charge in [0.1, 0.15) is 5.75 Å². The van der Waals surface area contributed by atoms with Crippen LogP contribution >= 0.6 is 11.8 Å². The van der Waals surface area contributed by atoms with Gasteiger partial charge in [-0.1, -0.05) is 12.1 Å². The zero-order valence-corrected chi connectivity index (χ0v) is 16.7. The van der Waals surface area contributed by atoms with Crippen LogP contribution in [0.2, 0.25) is 0 Å². The van der Waals surface area contributed by atoms with Crippen molar-refractivity contribution >= 4 is 40.6 Å². The average molecular weight is 396 g/mol. The van der Waals surface area contributed by atoms with Crippen molar-refractivity contribution < 1.29 is 19.1 Å². The fraction of sp³-hybridized carbons (Fsp3) is 0.190. The van der Waals surface area contributed by atoms with Crippen LogP contribution in [0.1, 0.15) is 22.8 Å². The first kappa shape index (κ1) is 19.7. The molecule has 1 amide bonds. The number of amides is 1. The number of benzene rings is 2. The highest BCUT2D eigenvalue weighted by Gasteiger charge is 2.32. The number of esters is 1. The van der Waals surface area contributed by atoms with Crippen molar-refractivity contribution in [1.82, 2.24) is 4.90 Å². The number of methoxy groups -OCH3 is 2. The molecule has 1 aliphatic heterocycles. The molecule has 1 saturated heterocycles. The van der Waals surface area contributed by atoms with Crippen LogP contribution in [-0.4, -0.2) is 42.7 Å². The van der Waals surface area contributed by atoms with Crippen LogP contribution in [-0.2, 0) is 9.53 Å². The summed E-state index contributed by atoms with van der Waals surface area (Å²) in [6, 6.07) is 14.3. The summed E-state index contributed by atoms with van der Waals surface area (Å²) in [5.41, 5.74) is 1.99. The van der Waals surface area contributed by atoms with Crippen molar-refractivity contribution in [2.75, 3.05) is 20.8 Å². The van der Waals surface area contributed by atoms with E-state index in [9.17, 15) is 9.59 Å². The Hall–Kier alpha value is -3.06. The third-order valence-electron chi connectivity index (χ3n) is 4.11. The van der Waals surface area contributed by atoms with E-state index < -0.39 is 5.97 Å². The summed E-state index contributed by atoms with van der Waals surface area (Å²) in [4.78, 5) is 31.1. The number of carbonyl (C=O) groups excluding carboxylic acids is 2. The van der Waals surface area contributed by atoms with E-state index in [4.69, 9.17) is 9.47 Å². The molecule has 0 aromatic heterocycles. The second kappa shape index (κ2) is 8.75. The number of hydrogen-bond acceptors (Lipinski definition) is 6. The maximum atomic E-state index is 12.7. The Labute approximate surface area is 167 Å². The van der Waals surface area contributed by atoms with Crippen molar-refractivity contribution in [3.63, 3.8) is 0 Å². The van der Waals surface area contributed by atoms with Crippen LogP contribution in [0.3, 0.4) is 0 Å². The van der Waals surface area contributed by atoms with Crippen LogP contribution < -0.4 is 4.74 Å². The maximum Gasteiger partial charge on any atom is 0.337 e. The Morgan fingerprint density at radius 1 is 1.18 bits per heavy atom. The van der Waals surface area contributed by atoms with E-state index in [1.54, 1.807) is 36.3 Å². The number of likely N-dealkylation sites (N-methyl/N-ethyl adjacent to an activating group) is 1. The minimum absolute atomic E-state index is 0.0831. The van der Waals surface area contributed by atoms with Gasteiger partial charge in [0, 0.05) is 6.54 Å². The van der Waals surface area contributed by atoms with Gasteiger partial charge in [0.05, 0.1) is 30.4 Å². The second-order valence-electron chi connectivity index (χ2n) is 5.87. The number of nitrogens with zero attached hydrogens (tertiary/aromatic N) is 2. The summed E-state index contributed by atoms with van der Waals surface area (Å²) in [7, 11) is 2.95. The third-order valence-corrected chi connectivity index (χ3v) is 5.12. The van der Waals surface area contributed by atoms with Crippen LogP contribution in [0.4, 0.5) is 5.69 Å². The highest BCUT2D eigenvalue weighted by Crippen LogP contribution is 2.34. The Kier molecular flexibility index (Phi) is 6.16. The van der Waals surface area contributed by atoms with Gasteiger partial charge in [-0.25, -0.2) is 9.79 Å². The molecule has 1 fully saturated rings. The number of aliphatic imine (C=N–C) groups is 1. The maximum absolute atomic E-state index is 12.7. The smallest absolute Gasteiger partial charge is 0.337 e. The molecule has 0 N–H and O–H groups in total. The summed E-state index contributed by atoms with van der Waals surface area (Å²) < 4.78 is 9.93. The molecule has 7 heteroatoms. The van der Waals surface area contributed by atoms with Gasteiger partial charge in [0.15, 0.2) is 5.17 Å². The molecule has 0 bridgehead atoms. The predicted molar refractivity (Wildman–Crippen MR) is 111 cm³/mol. The number of rotatable bonds is 5. The molecule has 0 unspecified atom stereocenters. The minimum atomic E-state index is -0.400. The molecule has 6 nitrogen and oxygen atoms in total. The molecule has 0 radical (unpaired) electrons. The van der Waals surface area contributed by atoms with Crippen molar-refractivity contribution in [2.24, 2.45) is 4.99 Å². The molecule has 1 heterocycles. The quantitative estimate of drug-likeness (QED) is 0.562. The molecule has 28 heavy (non-hydrogen) atoms. The number of thioether (sulfide) groups is 1. The monoisotopic (exact) mass is 396 g/mol. The van der Waals surface area contributed by atoms with E-state index in [0.717, 1.165) is 11.3 Å². The zero-order valence-electron chi connectivity index (χ0n) is 15.8. The van der Waals surface area contributed by atoms with Crippen molar-refractivity contribution in [2.45, 2.75) is 6.92 Å². The van der Waals surface area contributed by atoms with Gasteiger partial charge in [-0.3, -0.25) is 9.69 Å². The zero-order chi connectivity index (χ0) is 20.1. The first-order chi connectivity index (χ1) is 13.5. The van der Waals surface area contributed by atoms with Crippen LogP contribution in [0.15, 0.2) is 58.4 Å². The van der Waals surface area contributed by atoms with Gasteiger partial charge in [-0.05, 0) is 66.7 Å². The highest BCUT2D eigenvalue weighted by molar-refractivity contribution is 8.18. The first-order valence-electron chi connectivity index (χ1n) is 8.68. The van der Waals surface area contributed by atoms with E-state index in [0.29, 0.717) is 27.9 Å². The summed E-state index contributed by atoms with van der Waals surface area (Å²) >= 11 is 1.32. The SMILES string of the molecule is CCN1C(=O)C(=Cc2cccc(OC)c2)SC1=Nc1ccc(C(=O)OC)cc1. The molecular formula is C21H20N2O4S. The number of amidine groups is 1. The molecule has 1 aliphatic rings. The van der Waals surface area contributed by atoms with E-state index in [-0.39, 0.29) is 5.91 Å². The van der Waals surface area contributed by atoms with Crippen LogP contribution in [0, 0.1) is 0 Å². The average Bonchev–Trinajstić information content (AvgIpc) is 3.02. The van der Waals surface area contributed by atoms with Crippen molar-refractivity contribution in [1.29, 1.82) is 0 Å². The fourth-order valence-corrected chi connectivity index (χ4v) is 3.72. The third kappa shape index (κ3) is 4.26. The lowest BCUT2D eigenvalue weighted by Gasteiger charge is -2.12. The lowest BCUT2D eigenvalue weighted by Crippen LogP contribution is -2.28. The predicted octanol–water partition coefficient (Wildman–Crippen LogP) is 4.11. The summed E-state index contributed by atoms with van der Waals surface area (Å²) in [5.74, 6) is 0.250. The molecule has 0 saturated carbocycles. The molecule has 0 spiro atoms. The van der Waals surface area contributed by atoms with Gasteiger partial charge in [-0.15, -0.1) is 0 Å². The van der Waals surface area contributed by atoms with Crippen molar-refractivity contribution in [3.05, 3.63) is 64.6 Å². The molecule has 144 valence electrons.